The summed E-state index contributed by atoms with van der Waals surface area (Å²) in [5.74, 6) is -0.168. The fourth-order valence-corrected chi connectivity index (χ4v) is 1.26. The maximum Gasteiger partial charge on any atom is 1.00 e. The van der Waals surface area contributed by atoms with Crippen LogP contribution in [0.15, 0.2) is 0 Å². The van der Waals surface area contributed by atoms with Crippen LogP contribution >= 0.6 is 0 Å². The van der Waals surface area contributed by atoms with Crippen molar-refractivity contribution >= 4 is 12.1 Å². The molecule has 0 spiro atoms. The van der Waals surface area contributed by atoms with E-state index in [4.69, 9.17) is 9.47 Å². The molecule has 0 amide bonds. The van der Waals surface area contributed by atoms with E-state index in [1.807, 2.05) is 41.5 Å². The zero-order chi connectivity index (χ0) is 13.7. The van der Waals surface area contributed by atoms with E-state index in [1.165, 1.54) is 0 Å². The fourth-order valence-electron chi connectivity index (χ4n) is 1.26. The molecule has 0 fully saturated rings. The van der Waals surface area contributed by atoms with Gasteiger partial charge in [0.15, 0.2) is 6.29 Å². The molecule has 0 radical (unpaired) electrons. The number of ketones is 1. The van der Waals surface area contributed by atoms with Crippen LogP contribution in [0.4, 0.5) is 0 Å². The van der Waals surface area contributed by atoms with E-state index in [0.29, 0.717) is 6.29 Å². The van der Waals surface area contributed by atoms with Crippen LogP contribution in [-0.2, 0) is 19.1 Å². The molecule has 4 nitrogen and oxygen atoms in total. The van der Waals surface area contributed by atoms with E-state index in [0.717, 1.165) is 0 Å². The molecule has 0 aromatic carbocycles. The minimum absolute atomic E-state index is 0. The predicted octanol–water partition coefficient (Wildman–Crippen LogP) is -0.393. The van der Waals surface area contributed by atoms with Gasteiger partial charge in [0.2, 0.25) is 0 Å². The first-order valence-electron chi connectivity index (χ1n) is 5.84. The average molecular weight is 268 g/mol. The Hall–Kier alpha value is 0.260. The summed E-state index contributed by atoms with van der Waals surface area (Å²) < 4.78 is 11.3. The third-order valence-electron chi connectivity index (χ3n) is 1.68. The Morgan fingerprint density at radius 1 is 1.11 bits per heavy atom. The SMILES string of the molecule is CC(C)(C)OC(CC(=O)CC=O)OC(C)(C)C.[H-].[Na+]. The molecule has 0 aliphatic heterocycles. The van der Waals surface area contributed by atoms with E-state index >= 15 is 0 Å². The summed E-state index contributed by atoms with van der Waals surface area (Å²) in [6.07, 6.45) is 0.0145. The predicted molar refractivity (Wildman–Crippen MR) is 66.9 cm³/mol. The Bertz CT molecular complexity index is 253. The van der Waals surface area contributed by atoms with Crippen LogP contribution in [0.25, 0.3) is 0 Å². The minimum Gasteiger partial charge on any atom is -1.00 e. The first-order valence-corrected chi connectivity index (χ1v) is 5.84. The van der Waals surface area contributed by atoms with Crippen LogP contribution in [0.1, 0.15) is 55.8 Å². The molecule has 0 N–H and O–H groups in total. The first-order chi connectivity index (χ1) is 7.53. The third kappa shape index (κ3) is 12.7. The van der Waals surface area contributed by atoms with Gasteiger partial charge in [-0.15, -0.1) is 0 Å². The van der Waals surface area contributed by atoms with Crippen molar-refractivity contribution in [3.63, 3.8) is 0 Å². The molecule has 0 aliphatic carbocycles. The van der Waals surface area contributed by atoms with Gasteiger partial charge in [-0.05, 0) is 41.5 Å². The molecule has 0 aliphatic rings. The minimum atomic E-state index is -0.609. The maximum absolute atomic E-state index is 11.4. The summed E-state index contributed by atoms with van der Waals surface area (Å²) in [6.45, 7) is 11.4. The summed E-state index contributed by atoms with van der Waals surface area (Å²) in [4.78, 5) is 21.7. The van der Waals surface area contributed by atoms with Gasteiger partial charge in [-0.25, -0.2) is 0 Å². The molecule has 0 bridgehead atoms. The smallest absolute Gasteiger partial charge is 1.00 e. The van der Waals surface area contributed by atoms with E-state index in [9.17, 15) is 9.59 Å². The van der Waals surface area contributed by atoms with Gasteiger partial charge in [-0.2, -0.15) is 0 Å². The fraction of sp³-hybridized carbons (Fsp3) is 0.846. The zero-order valence-electron chi connectivity index (χ0n) is 13.7. The zero-order valence-corrected chi connectivity index (χ0v) is 14.7. The summed E-state index contributed by atoms with van der Waals surface area (Å²) in [6, 6.07) is 0. The second-order valence-electron chi connectivity index (χ2n) is 6.00. The molecule has 5 heteroatoms. The van der Waals surface area contributed by atoms with Crippen LogP contribution in [0.2, 0.25) is 0 Å². The Kier molecular flexibility index (Phi) is 9.64. The summed E-state index contributed by atoms with van der Waals surface area (Å²) >= 11 is 0. The molecular weight excluding hydrogens is 243 g/mol. The Labute approximate surface area is 134 Å². The van der Waals surface area contributed by atoms with E-state index < -0.39 is 17.5 Å². The Morgan fingerprint density at radius 2 is 1.50 bits per heavy atom. The van der Waals surface area contributed by atoms with Crippen LogP contribution in [0, 0.1) is 0 Å². The number of ether oxygens (including phenoxy) is 2. The number of hydrogen-bond acceptors (Lipinski definition) is 4. The van der Waals surface area contributed by atoms with E-state index in [-0.39, 0.29) is 49.6 Å². The summed E-state index contributed by atoms with van der Waals surface area (Å²) in [5.41, 5.74) is -0.783. The molecule has 0 rings (SSSR count). The monoisotopic (exact) mass is 268 g/mol. The molecule has 0 unspecified atom stereocenters. The van der Waals surface area contributed by atoms with Gasteiger partial charge in [-0.1, -0.05) is 0 Å². The third-order valence-corrected chi connectivity index (χ3v) is 1.68. The van der Waals surface area contributed by atoms with E-state index in [2.05, 4.69) is 0 Å². The Morgan fingerprint density at radius 3 is 1.78 bits per heavy atom. The first kappa shape index (κ1) is 20.6. The maximum atomic E-state index is 11.4. The number of aldehydes is 1. The largest absolute Gasteiger partial charge is 1.00 e. The van der Waals surface area contributed by atoms with Crippen molar-refractivity contribution in [1.82, 2.24) is 0 Å². The number of Topliss-reactive ketones (excluding diaryl/α,β-unsaturated/α-hetero) is 1. The van der Waals surface area contributed by atoms with Crippen molar-refractivity contribution < 1.29 is 50.0 Å². The topological polar surface area (TPSA) is 52.6 Å². The van der Waals surface area contributed by atoms with Crippen molar-refractivity contribution in [2.75, 3.05) is 0 Å². The van der Waals surface area contributed by atoms with Crippen LogP contribution in [-0.4, -0.2) is 29.6 Å². The van der Waals surface area contributed by atoms with Gasteiger partial charge in [0.1, 0.15) is 12.1 Å². The molecule has 102 valence electrons. The van der Waals surface area contributed by atoms with Gasteiger partial charge < -0.3 is 15.7 Å². The average Bonchev–Trinajstić information content (AvgIpc) is 1.96. The molecule has 0 atom stereocenters. The molecule has 18 heavy (non-hydrogen) atoms. The molecule has 0 heterocycles. The molecule has 0 saturated carbocycles. The van der Waals surface area contributed by atoms with Gasteiger partial charge in [0.25, 0.3) is 0 Å². The van der Waals surface area contributed by atoms with Crippen LogP contribution in [0.3, 0.4) is 0 Å². The standard InChI is InChI=1S/C13H24O4.Na.H/c1-12(2,3)16-11(17-13(4,5)6)9-10(15)7-8-14;;/h8,11H,7,9H2,1-6H3;;/q;+1;-1. The number of carbonyl (C=O) groups is 2. The van der Waals surface area contributed by atoms with Crippen molar-refractivity contribution in [3.05, 3.63) is 0 Å². The van der Waals surface area contributed by atoms with Crippen molar-refractivity contribution in [1.29, 1.82) is 0 Å². The Balaban J connectivity index is -0.00000128. The quantitative estimate of drug-likeness (QED) is 0.285. The van der Waals surface area contributed by atoms with Gasteiger partial charge in [-0.3, -0.25) is 4.79 Å². The second kappa shape index (κ2) is 8.43. The molecule has 0 aromatic rings. The number of hydrogen-bond donors (Lipinski definition) is 0. The number of carbonyl (C=O) groups excluding carboxylic acids is 2. The van der Waals surface area contributed by atoms with Crippen molar-refractivity contribution in [3.8, 4) is 0 Å². The molecule has 0 aromatic heterocycles. The van der Waals surface area contributed by atoms with Crippen molar-refractivity contribution in [2.24, 2.45) is 0 Å². The van der Waals surface area contributed by atoms with E-state index in [1.54, 1.807) is 0 Å². The summed E-state index contributed by atoms with van der Waals surface area (Å²) in [5, 5.41) is 0. The van der Waals surface area contributed by atoms with Crippen LogP contribution < -0.4 is 29.6 Å². The molecular formula is C13H25NaO4. The van der Waals surface area contributed by atoms with Gasteiger partial charge in [0, 0.05) is 0 Å². The van der Waals surface area contributed by atoms with Crippen LogP contribution in [0.5, 0.6) is 0 Å². The second-order valence-corrected chi connectivity index (χ2v) is 6.00. The number of rotatable bonds is 6. The van der Waals surface area contributed by atoms with Crippen molar-refractivity contribution in [2.45, 2.75) is 71.9 Å². The molecule has 0 saturated heterocycles. The van der Waals surface area contributed by atoms with Gasteiger partial charge in [0.05, 0.1) is 24.0 Å². The summed E-state index contributed by atoms with van der Waals surface area (Å²) in [7, 11) is 0. The van der Waals surface area contributed by atoms with Gasteiger partial charge >= 0.3 is 29.6 Å². The normalized spacial score (nSPS) is 12.2.